The standard InChI is InChI=1S/C22H14N2O2.C5H10O2.Ir/c1-3-13-23-21(11-1)17-7-5-8-18(15-17)25-19-9-6-10-20(16-19)26-22-12-2-4-14-24-22;1-4(6)3-5(2)7;/h1-14H;3-4,6-7H,1-2H3;/q-2;;. The van der Waals surface area contributed by atoms with E-state index in [0.29, 0.717) is 23.1 Å². The van der Waals surface area contributed by atoms with Crippen LogP contribution in [-0.2, 0) is 20.1 Å². The van der Waals surface area contributed by atoms with Gasteiger partial charge in [0.1, 0.15) is 0 Å². The smallest absolute Gasteiger partial charge is 0.216 e. The maximum absolute atomic E-state index is 8.49. The molecule has 2 aromatic heterocycles. The number of pyridine rings is 2. The molecule has 0 saturated carbocycles. The Balaban J connectivity index is 0.000000449. The van der Waals surface area contributed by atoms with Crippen LogP contribution in [-0.4, -0.2) is 26.3 Å². The van der Waals surface area contributed by atoms with Gasteiger partial charge in [-0.15, -0.1) is 35.9 Å². The Bertz CT molecular complexity index is 1170. The third-order valence-corrected chi connectivity index (χ3v) is 4.01. The van der Waals surface area contributed by atoms with Crippen LogP contribution < -0.4 is 9.47 Å². The average molecular weight is 633 g/mol. The van der Waals surface area contributed by atoms with E-state index in [-0.39, 0.29) is 25.9 Å². The van der Waals surface area contributed by atoms with E-state index in [9.17, 15) is 0 Å². The largest absolute Gasteiger partial charge is 0.513 e. The Labute approximate surface area is 212 Å². The van der Waals surface area contributed by atoms with Gasteiger partial charge in [-0.25, -0.2) is 4.98 Å². The summed E-state index contributed by atoms with van der Waals surface area (Å²) >= 11 is 0. The molecule has 2 N–H and O–H groups in total. The molecular weight excluding hydrogens is 609 g/mol. The Morgan fingerprint density at radius 1 is 0.824 bits per heavy atom. The number of hydrogen-bond donors (Lipinski definition) is 2. The van der Waals surface area contributed by atoms with Gasteiger partial charge in [0.15, 0.2) is 0 Å². The van der Waals surface area contributed by atoms with Gasteiger partial charge in [0.2, 0.25) is 5.88 Å². The summed E-state index contributed by atoms with van der Waals surface area (Å²) in [5.41, 5.74) is 1.71. The number of hydrogen-bond acceptors (Lipinski definition) is 6. The Morgan fingerprint density at radius 3 is 2.00 bits per heavy atom. The van der Waals surface area contributed by atoms with Crippen molar-refractivity contribution in [2.75, 3.05) is 0 Å². The van der Waals surface area contributed by atoms with Crippen LogP contribution in [0.2, 0.25) is 0 Å². The molecule has 0 aliphatic carbocycles. The predicted molar refractivity (Wildman–Crippen MR) is 126 cm³/mol. The summed E-state index contributed by atoms with van der Waals surface area (Å²) in [6.45, 7) is 3.10. The normalized spacial score (nSPS) is 11.3. The summed E-state index contributed by atoms with van der Waals surface area (Å²) in [5, 5.41) is 16.9. The molecule has 34 heavy (non-hydrogen) atoms. The van der Waals surface area contributed by atoms with Gasteiger partial charge in [-0.2, -0.15) is 6.07 Å². The number of benzene rings is 2. The fourth-order valence-electron chi connectivity index (χ4n) is 2.71. The van der Waals surface area contributed by atoms with Crippen LogP contribution >= 0.6 is 0 Å². The number of aliphatic hydroxyl groups excluding tert-OH is 2. The van der Waals surface area contributed by atoms with Gasteiger partial charge in [0, 0.05) is 55.8 Å². The molecular formula is C27H24IrN2O4-2. The van der Waals surface area contributed by atoms with Crippen LogP contribution in [0.1, 0.15) is 13.8 Å². The first kappa shape index (κ1) is 26.7. The molecule has 0 bridgehead atoms. The van der Waals surface area contributed by atoms with Gasteiger partial charge in [0.05, 0.1) is 11.9 Å². The number of aromatic nitrogens is 2. The van der Waals surface area contributed by atoms with Crippen molar-refractivity contribution in [3.05, 3.63) is 109 Å². The molecule has 0 amide bonds. The zero-order valence-electron chi connectivity index (χ0n) is 18.7. The van der Waals surface area contributed by atoms with Crippen molar-refractivity contribution < 1.29 is 39.8 Å². The van der Waals surface area contributed by atoms with E-state index in [4.69, 9.17) is 19.7 Å². The van der Waals surface area contributed by atoms with Crippen LogP contribution in [0.4, 0.5) is 0 Å². The van der Waals surface area contributed by atoms with E-state index in [1.165, 1.54) is 13.0 Å². The minimum atomic E-state index is -0.537. The van der Waals surface area contributed by atoms with Gasteiger partial charge in [-0.1, -0.05) is 30.3 Å². The molecule has 2 heterocycles. The molecule has 0 saturated heterocycles. The molecule has 1 radical (unpaired) electrons. The van der Waals surface area contributed by atoms with E-state index in [0.717, 1.165) is 11.3 Å². The summed E-state index contributed by atoms with van der Waals surface area (Å²) < 4.78 is 11.6. The summed E-state index contributed by atoms with van der Waals surface area (Å²) in [7, 11) is 0. The van der Waals surface area contributed by atoms with Crippen LogP contribution in [0, 0.1) is 12.1 Å². The van der Waals surface area contributed by atoms with Crippen molar-refractivity contribution in [3.63, 3.8) is 0 Å². The van der Waals surface area contributed by atoms with Gasteiger partial charge >= 0.3 is 0 Å². The fourth-order valence-corrected chi connectivity index (χ4v) is 2.71. The Morgan fingerprint density at radius 2 is 1.44 bits per heavy atom. The maximum atomic E-state index is 8.49. The van der Waals surface area contributed by atoms with Gasteiger partial charge in [-0.3, -0.25) is 0 Å². The van der Waals surface area contributed by atoms with E-state index in [2.05, 4.69) is 22.1 Å². The summed E-state index contributed by atoms with van der Waals surface area (Å²) in [5.74, 6) is 2.31. The van der Waals surface area contributed by atoms with E-state index in [1.54, 1.807) is 31.5 Å². The molecule has 0 aliphatic rings. The van der Waals surface area contributed by atoms with Crippen molar-refractivity contribution in [3.8, 4) is 34.4 Å². The molecule has 1 unspecified atom stereocenters. The summed E-state index contributed by atoms with van der Waals surface area (Å²) in [4.78, 5) is 8.47. The van der Waals surface area contributed by atoms with Crippen molar-refractivity contribution in [1.29, 1.82) is 0 Å². The molecule has 4 rings (SSSR count). The first-order valence-electron chi connectivity index (χ1n) is 10.3. The monoisotopic (exact) mass is 633 g/mol. The topological polar surface area (TPSA) is 84.7 Å². The molecule has 177 valence electrons. The van der Waals surface area contributed by atoms with Crippen molar-refractivity contribution in [1.82, 2.24) is 9.97 Å². The second-order valence-corrected chi connectivity index (χ2v) is 6.94. The van der Waals surface area contributed by atoms with Crippen LogP contribution in [0.15, 0.2) is 97.0 Å². The van der Waals surface area contributed by atoms with Crippen molar-refractivity contribution in [2.45, 2.75) is 20.0 Å². The minimum Gasteiger partial charge on any atom is -0.513 e. The quantitative estimate of drug-likeness (QED) is 0.196. The first-order chi connectivity index (χ1) is 16.0. The number of nitrogens with zero attached hydrogens (tertiary/aromatic N) is 2. The second-order valence-electron chi connectivity index (χ2n) is 6.94. The molecule has 1 atom stereocenters. The van der Waals surface area contributed by atoms with Gasteiger partial charge in [-0.05, 0) is 37.8 Å². The first-order valence-corrected chi connectivity index (χ1v) is 10.3. The third-order valence-electron chi connectivity index (χ3n) is 4.01. The summed E-state index contributed by atoms with van der Waals surface area (Å²) in [6, 6.07) is 28.7. The van der Waals surface area contributed by atoms with Gasteiger partial charge in [0.25, 0.3) is 0 Å². The SMILES string of the molecule is CC(O)=CC(C)O.[Ir].[c-]1c(Oc2[c-]c(-c3ccccn3)ccc2)cccc1Oc1ccccn1. The van der Waals surface area contributed by atoms with Gasteiger partial charge < -0.3 is 24.7 Å². The van der Waals surface area contributed by atoms with Crippen LogP contribution in [0.5, 0.6) is 23.1 Å². The molecule has 0 spiro atoms. The average Bonchev–Trinajstić information content (AvgIpc) is 2.80. The number of ether oxygens (including phenoxy) is 2. The second kappa shape index (κ2) is 13.9. The zero-order valence-corrected chi connectivity index (χ0v) is 21.1. The Kier molecular flexibility index (Phi) is 10.9. The number of aliphatic hydroxyl groups is 2. The number of allylic oxidation sites excluding steroid dienone is 1. The Hall–Kier alpha value is -3.51. The van der Waals surface area contributed by atoms with Crippen molar-refractivity contribution in [2.24, 2.45) is 0 Å². The fraction of sp³-hybridized carbons (Fsp3) is 0.111. The molecule has 0 fully saturated rings. The van der Waals surface area contributed by atoms with E-state index >= 15 is 0 Å². The third kappa shape index (κ3) is 9.16. The molecule has 7 heteroatoms. The summed E-state index contributed by atoms with van der Waals surface area (Å²) in [6.07, 6.45) is 4.25. The van der Waals surface area contributed by atoms with Crippen LogP contribution in [0.3, 0.4) is 0 Å². The minimum absolute atomic E-state index is 0. The van der Waals surface area contributed by atoms with Crippen LogP contribution in [0.25, 0.3) is 11.3 Å². The molecule has 6 nitrogen and oxygen atoms in total. The molecule has 2 aromatic carbocycles. The predicted octanol–water partition coefficient (Wildman–Crippen LogP) is 6.16. The van der Waals surface area contributed by atoms with Crippen molar-refractivity contribution >= 4 is 0 Å². The zero-order chi connectivity index (χ0) is 23.5. The van der Waals surface area contributed by atoms with E-state index in [1.807, 2.05) is 60.7 Å². The van der Waals surface area contributed by atoms with E-state index < -0.39 is 6.10 Å². The maximum Gasteiger partial charge on any atom is 0.216 e. The molecule has 4 aromatic rings. The number of rotatable bonds is 6. The molecule has 0 aliphatic heterocycles.